The molecule has 1 atom stereocenters. The minimum Gasteiger partial charge on any atom is -0.497 e. The van der Waals surface area contributed by atoms with Gasteiger partial charge in [-0.3, -0.25) is 4.79 Å². The van der Waals surface area contributed by atoms with E-state index in [4.69, 9.17) is 21.2 Å². The summed E-state index contributed by atoms with van der Waals surface area (Å²) >= 11 is 5.97. The third-order valence-electron chi connectivity index (χ3n) is 3.34. The topological polar surface area (TPSA) is 78.3 Å². The summed E-state index contributed by atoms with van der Waals surface area (Å²) in [6.07, 6.45) is -0.792. The smallest absolute Gasteiger partial charge is 0.267 e. The summed E-state index contributed by atoms with van der Waals surface area (Å²) in [6.45, 7) is 1.62. The first-order chi connectivity index (χ1) is 11.6. The molecule has 124 valence electrons. The van der Waals surface area contributed by atoms with Crippen LogP contribution in [0.3, 0.4) is 0 Å². The molecule has 1 aromatic heterocycles. The van der Waals surface area contributed by atoms with Gasteiger partial charge >= 0.3 is 0 Å². The molecule has 1 heterocycles. The van der Waals surface area contributed by atoms with E-state index in [1.165, 1.54) is 4.85 Å². The molecule has 0 aliphatic heterocycles. The summed E-state index contributed by atoms with van der Waals surface area (Å²) in [5, 5.41) is 11.1. The van der Waals surface area contributed by atoms with Crippen LogP contribution >= 0.6 is 11.6 Å². The van der Waals surface area contributed by atoms with Crippen LogP contribution in [-0.2, 0) is 4.79 Å². The number of carbonyl (C=O) groups is 1. The van der Waals surface area contributed by atoms with E-state index in [0.717, 1.165) is 0 Å². The van der Waals surface area contributed by atoms with E-state index in [0.29, 0.717) is 27.5 Å². The second kappa shape index (κ2) is 6.76. The van der Waals surface area contributed by atoms with Gasteiger partial charge in [0.15, 0.2) is 0 Å². The van der Waals surface area contributed by atoms with Gasteiger partial charge in [0.1, 0.15) is 16.8 Å². The molecule has 7 nitrogen and oxygen atoms in total. The van der Waals surface area contributed by atoms with Gasteiger partial charge < -0.3 is 14.9 Å². The lowest BCUT2D eigenvalue weighted by Gasteiger charge is -2.14. The Morgan fingerprint density at radius 1 is 1.29 bits per heavy atom. The van der Waals surface area contributed by atoms with Crippen LogP contribution in [0.2, 0.25) is 5.02 Å². The highest BCUT2D eigenvalue weighted by atomic mass is 35.5. The van der Waals surface area contributed by atoms with Crippen molar-refractivity contribution < 1.29 is 14.4 Å². The fraction of sp³-hybridized carbons (Fsp3) is 0.188. The summed E-state index contributed by atoms with van der Waals surface area (Å²) in [4.78, 5) is 19.0. The number of aromatic nitrogens is 3. The number of nitrogens with zero attached hydrogens (tertiary/aromatic N) is 3. The predicted octanol–water partition coefficient (Wildman–Crippen LogP) is 2.55. The van der Waals surface area contributed by atoms with Crippen molar-refractivity contribution in [2.45, 2.75) is 13.0 Å². The maximum absolute atomic E-state index is 12.3. The van der Waals surface area contributed by atoms with Gasteiger partial charge in [-0.05, 0) is 42.5 Å². The van der Waals surface area contributed by atoms with E-state index in [1.54, 1.807) is 56.5 Å². The Labute approximate surface area is 143 Å². The molecule has 0 fully saturated rings. The zero-order valence-electron chi connectivity index (χ0n) is 13.1. The number of nitrogens with one attached hydrogen (secondary N) is 1. The van der Waals surface area contributed by atoms with Gasteiger partial charge in [0.25, 0.3) is 5.91 Å². The number of ether oxygens (including phenoxy) is 1. The highest BCUT2D eigenvalue weighted by Crippen LogP contribution is 2.18. The Morgan fingerprint density at radius 2 is 2.12 bits per heavy atom. The number of halogens is 1. The van der Waals surface area contributed by atoms with Gasteiger partial charge in [0.2, 0.25) is 6.10 Å². The van der Waals surface area contributed by atoms with Crippen LogP contribution in [0.4, 0.5) is 5.69 Å². The molecule has 0 bridgehead atoms. The summed E-state index contributed by atoms with van der Waals surface area (Å²) < 4.78 is 5.12. The molecule has 1 N–H and O–H groups in total. The number of rotatable bonds is 5. The molecule has 3 rings (SSSR count). The van der Waals surface area contributed by atoms with Crippen molar-refractivity contribution in [3.05, 3.63) is 47.5 Å². The third-order valence-corrected chi connectivity index (χ3v) is 3.58. The zero-order valence-corrected chi connectivity index (χ0v) is 13.8. The molecule has 0 aliphatic carbocycles. The van der Waals surface area contributed by atoms with Crippen LogP contribution in [-0.4, -0.2) is 34.3 Å². The van der Waals surface area contributed by atoms with Crippen LogP contribution < -0.4 is 14.9 Å². The number of hydrogen-bond acceptors (Lipinski definition) is 5. The minimum absolute atomic E-state index is 0.325. The van der Waals surface area contributed by atoms with E-state index in [-0.39, 0.29) is 5.91 Å². The molecule has 0 radical (unpaired) electrons. The predicted molar refractivity (Wildman–Crippen MR) is 90.2 cm³/mol. The maximum Gasteiger partial charge on any atom is 0.267 e. The number of anilines is 1. The average molecular weight is 347 g/mol. The van der Waals surface area contributed by atoms with Crippen LogP contribution in [0, 0.1) is 0 Å². The first-order valence-electron chi connectivity index (χ1n) is 7.20. The average Bonchev–Trinajstić information content (AvgIpc) is 2.97. The molecule has 0 aliphatic rings. The molecule has 8 heteroatoms. The van der Waals surface area contributed by atoms with E-state index < -0.39 is 6.10 Å². The number of amides is 1. The number of hydrogen-bond donors (Lipinski definition) is 1. The van der Waals surface area contributed by atoms with E-state index >= 15 is 0 Å². The Balaban J connectivity index is 1.72. The lowest BCUT2D eigenvalue weighted by Crippen LogP contribution is -2.35. The van der Waals surface area contributed by atoms with Crippen LogP contribution in [0.5, 0.6) is 5.75 Å². The largest absolute Gasteiger partial charge is 0.497 e. The normalized spacial score (nSPS) is 12.0. The van der Waals surface area contributed by atoms with Crippen molar-refractivity contribution >= 4 is 34.2 Å². The number of carbonyl (C=O) groups excluding carboxylic acids is 1. The number of methoxy groups -OCH3 is 1. The van der Waals surface area contributed by atoms with Gasteiger partial charge in [-0.2, -0.15) is 0 Å². The first-order valence-corrected chi connectivity index (χ1v) is 7.57. The molecule has 0 saturated carbocycles. The number of fused-ring (bicyclic) bond motifs is 1. The Morgan fingerprint density at radius 3 is 2.92 bits per heavy atom. The van der Waals surface area contributed by atoms with Crippen molar-refractivity contribution in [3.8, 4) is 5.75 Å². The number of benzene rings is 2. The van der Waals surface area contributed by atoms with Gasteiger partial charge in [-0.15, -0.1) is 5.10 Å². The lowest BCUT2D eigenvalue weighted by molar-refractivity contribution is -0.127. The molecule has 0 unspecified atom stereocenters. The highest BCUT2D eigenvalue weighted by Gasteiger charge is 2.18. The van der Waals surface area contributed by atoms with Crippen molar-refractivity contribution in [1.29, 1.82) is 0 Å². The molecule has 0 saturated heterocycles. The van der Waals surface area contributed by atoms with Gasteiger partial charge in [-0.25, -0.2) is 0 Å². The molecule has 2 aromatic carbocycles. The highest BCUT2D eigenvalue weighted by molar-refractivity contribution is 6.31. The van der Waals surface area contributed by atoms with E-state index in [1.807, 2.05) is 0 Å². The van der Waals surface area contributed by atoms with Gasteiger partial charge in [0.05, 0.1) is 7.11 Å². The van der Waals surface area contributed by atoms with Crippen molar-refractivity contribution in [3.63, 3.8) is 0 Å². The quantitative estimate of drug-likeness (QED) is 0.768. The molecule has 1 amide bonds. The van der Waals surface area contributed by atoms with Gasteiger partial charge in [-0.1, -0.05) is 22.5 Å². The molecule has 0 spiro atoms. The Kier molecular flexibility index (Phi) is 4.52. The second-order valence-electron chi connectivity index (χ2n) is 5.06. The molecule has 24 heavy (non-hydrogen) atoms. The van der Waals surface area contributed by atoms with Crippen molar-refractivity contribution in [2.24, 2.45) is 0 Å². The summed E-state index contributed by atoms with van der Waals surface area (Å²) in [5.41, 5.74) is 1.82. The third kappa shape index (κ3) is 3.41. The van der Waals surface area contributed by atoms with E-state index in [9.17, 15) is 4.79 Å². The molecular formula is C16H15ClN4O3. The SMILES string of the molecule is COc1cccc(NC(=O)[C@H](C)On2nnc3ccc(Cl)cc32)c1. The standard InChI is InChI=1S/C16H15ClN4O3/c1-10(16(22)18-12-4-3-5-13(9-12)23-2)24-21-15-8-11(17)6-7-14(15)19-20-21/h3-10H,1-2H3,(H,18,22)/t10-/m0/s1. The van der Waals surface area contributed by atoms with Crippen molar-refractivity contribution in [2.75, 3.05) is 12.4 Å². The minimum atomic E-state index is -0.792. The Bertz CT molecular complexity index is 881. The second-order valence-corrected chi connectivity index (χ2v) is 5.50. The maximum atomic E-state index is 12.3. The monoisotopic (exact) mass is 346 g/mol. The fourth-order valence-corrected chi connectivity index (χ4v) is 2.26. The fourth-order valence-electron chi connectivity index (χ4n) is 2.09. The molecular weight excluding hydrogens is 332 g/mol. The van der Waals surface area contributed by atoms with Crippen LogP contribution in [0.1, 0.15) is 6.92 Å². The van der Waals surface area contributed by atoms with Crippen LogP contribution in [0.25, 0.3) is 11.0 Å². The van der Waals surface area contributed by atoms with Gasteiger partial charge in [0, 0.05) is 16.8 Å². The zero-order chi connectivity index (χ0) is 17.1. The Hall–Kier alpha value is -2.80. The first kappa shape index (κ1) is 16.1. The summed E-state index contributed by atoms with van der Waals surface area (Å²) in [6, 6.07) is 12.2. The lowest BCUT2D eigenvalue weighted by atomic mass is 10.3. The van der Waals surface area contributed by atoms with Crippen LogP contribution in [0.15, 0.2) is 42.5 Å². The summed E-state index contributed by atoms with van der Waals surface area (Å²) in [5.74, 6) is 0.326. The van der Waals surface area contributed by atoms with E-state index in [2.05, 4.69) is 15.6 Å². The summed E-state index contributed by atoms with van der Waals surface area (Å²) in [7, 11) is 1.56. The van der Waals surface area contributed by atoms with Crippen molar-refractivity contribution in [1.82, 2.24) is 15.2 Å². The molecule has 3 aromatic rings.